The van der Waals surface area contributed by atoms with Gasteiger partial charge in [0.05, 0.1) is 26.9 Å². The van der Waals surface area contributed by atoms with Crippen molar-refractivity contribution in [2.45, 2.75) is 0 Å². The summed E-state index contributed by atoms with van der Waals surface area (Å²) >= 11 is 0. The number of benzene rings is 2. The number of rotatable bonds is 5. The van der Waals surface area contributed by atoms with E-state index in [0.717, 1.165) is 6.39 Å². The molecule has 0 aliphatic heterocycles. The van der Waals surface area contributed by atoms with Crippen LogP contribution in [-0.4, -0.2) is 26.3 Å². The van der Waals surface area contributed by atoms with Gasteiger partial charge in [0.15, 0.2) is 35.3 Å². The van der Waals surface area contributed by atoms with Crippen LogP contribution in [0.2, 0.25) is 0 Å². The molecule has 136 valence electrons. The highest BCUT2D eigenvalue weighted by molar-refractivity contribution is 5.79. The zero-order valence-corrected chi connectivity index (χ0v) is 14.1. The number of aromatic nitrogens is 1. The molecule has 0 unspecified atom stereocenters. The van der Waals surface area contributed by atoms with Gasteiger partial charge in [0.2, 0.25) is 5.75 Å². The predicted molar refractivity (Wildman–Crippen MR) is 86.9 cm³/mol. The van der Waals surface area contributed by atoms with Crippen LogP contribution in [-0.2, 0) is 0 Å². The summed E-state index contributed by atoms with van der Waals surface area (Å²) in [5.41, 5.74) is 0.395. The molecular formula is C18H14F3NO4. The van der Waals surface area contributed by atoms with E-state index in [-0.39, 0.29) is 17.0 Å². The molecule has 0 amide bonds. The molecule has 0 aliphatic carbocycles. The van der Waals surface area contributed by atoms with Crippen LogP contribution < -0.4 is 14.2 Å². The van der Waals surface area contributed by atoms with Gasteiger partial charge in [-0.25, -0.2) is 18.2 Å². The zero-order valence-electron chi connectivity index (χ0n) is 14.1. The van der Waals surface area contributed by atoms with Crippen molar-refractivity contribution in [1.29, 1.82) is 0 Å². The van der Waals surface area contributed by atoms with E-state index < -0.39 is 17.5 Å². The van der Waals surface area contributed by atoms with E-state index in [9.17, 15) is 13.2 Å². The fourth-order valence-corrected chi connectivity index (χ4v) is 2.56. The monoisotopic (exact) mass is 365 g/mol. The molecule has 3 rings (SSSR count). The van der Waals surface area contributed by atoms with Gasteiger partial charge in [-0.05, 0) is 18.2 Å². The van der Waals surface area contributed by atoms with Crippen LogP contribution in [0.5, 0.6) is 17.2 Å². The molecule has 0 atom stereocenters. The van der Waals surface area contributed by atoms with Gasteiger partial charge in [-0.15, -0.1) is 0 Å². The van der Waals surface area contributed by atoms with Gasteiger partial charge >= 0.3 is 0 Å². The molecule has 3 aromatic rings. The van der Waals surface area contributed by atoms with E-state index in [0.29, 0.717) is 34.9 Å². The normalized spacial score (nSPS) is 10.7. The van der Waals surface area contributed by atoms with Crippen LogP contribution >= 0.6 is 0 Å². The van der Waals surface area contributed by atoms with Crippen LogP contribution in [0, 0.1) is 17.5 Å². The SMILES string of the molecule is COc1cc(-c2ncoc2-c2cc(F)c(F)cc2F)cc(OC)c1OC. The van der Waals surface area contributed by atoms with Crippen LogP contribution in [0.15, 0.2) is 35.1 Å². The number of oxazole rings is 1. The summed E-state index contributed by atoms with van der Waals surface area (Å²) in [5, 5.41) is 0. The van der Waals surface area contributed by atoms with Crippen molar-refractivity contribution in [2.24, 2.45) is 0 Å². The second-order valence-electron chi connectivity index (χ2n) is 5.19. The first-order valence-electron chi connectivity index (χ1n) is 7.39. The van der Waals surface area contributed by atoms with Crippen LogP contribution in [0.1, 0.15) is 0 Å². The lowest BCUT2D eigenvalue weighted by Gasteiger charge is -2.13. The Kier molecular flexibility index (Phi) is 4.75. The summed E-state index contributed by atoms with van der Waals surface area (Å²) in [6.45, 7) is 0. The van der Waals surface area contributed by atoms with Crippen LogP contribution in [0.25, 0.3) is 22.6 Å². The average molecular weight is 365 g/mol. The topological polar surface area (TPSA) is 53.7 Å². The van der Waals surface area contributed by atoms with E-state index in [1.165, 1.54) is 21.3 Å². The van der Waals surface area contributed by atoms with Gasteiger partial charge in [0.25, 0.3) is 0 Å². The number of nitrogens with zero attached hydrogens (tertiary/aromatic N) is 1. The van der Waals surface area contributed by atoms with E-state index in [4.69, 9.17) is 18.6 Å². The number of ether oxygens (including phenoxy) is 3. The van der Waals surface area contributed by atoms with Gasteiger partial charge < -0.3 is 18.6 Å². The highest BCUT2D eigenvalue weighted by Crippen LogP contribution is 2.43. The predicted octanol–water partition coefficient (Wildman–Crippen LogP) is 4.45. The molecule has 2 aromatic carbocycles. The second kappa shape index (κ2) is 6.99. The standard InChI is InChI=1S/C18H14F3NO4/c1-23-14-4-9(5-15(24-2)18(14)25-3)16-17(26-8-22-16)10-6-12(20)13(21)7-11(10)19/h4-8H,1-3H3. The second-order valence-corrected chi connectivity index (χ2v) is 5.19. The number of methoxy groups -OCH3 is 3. The molecular weight excluding hydrogens is 351 g/mol. The summed E-state index contributed by atoms with van der Waals surface area (Å²) < 4.78 is 61.9. The number of hydrogen-bond acceptors (Lipinski definition) is 5. The lowest BCUT2D eigenvalue weighted by Crippen LogP contribution is -1.96. The third kappa shape index (κ3) is 2.94. The van der Waals surface area contributed by atoms with E-state index in [1.54, 1.807) is 12.1 Å². The molecule has 26 heavy (non-hydrogen) atoms. The van der Waals surface area contributed by atoms with Gasteiger partial charge in [-0.1, -0.05) is 0 Å². The molecule has 1 aromatic heterocycles. The Morgan fingerprint density at radius 2 is 1.42 bits per heavy atom. The molecule has 5 nitrogen and oxygen atoms in total. The molecule has 0 radical (unpaired) electrons. The highest BCUT2D eigenvalue weighted by Gasteiger charge is 2.22. The molecule has 0 aliphatic rings. The quantitative estimate of drug-likeness (QED) is 0.625. The smallest absolute Gasteiger partial charge is 0.203 e. The molecule has 0 saturated heterocycles. The van der Waals surface area contributed by atoms with Gasteiger partial charge in [-0.3, -0.25) is 0 Å². The minimum Gasteiger partial charge on any atom is -0.493 e. The highest BCUT2D eigenvalue weighted by atomic mass is 19.2. The largest absolute Gasteiger partial charge is 0.493 e. The fraction of sp³-hybridized carbons (Fsp3) is 0.167. The molecule has 1 heterocycles. The Hall–Kier alpha value is -3.16. The van der Waals surface area contributed by atoms with E-state index in [1.807, 2.05) is 0 Å². The van der Waals surface area contributed by atoms with Crippen LogP contribution in [0.4, 0.5) is 13.2 Å². The third-order valence-electron chi connectivity index (χ3n) is 3.76. The Balaban J connectivity index is 2.20. The Labute approximate surface area is 146 Å². The van der Waals surface area contributed by atoms with Gasteiger partial charge in [-0.2, -0.15) is 0 Å². The lowest BCUT2D eigenvalue weighted by molar-refractivity contribution is 0.324. The molecule has 0 N–H and O–H groups in total. The first kappa shape index (κ1) is 17.7. The minimum absolute atomic E-state index is 0.0596. The third-order valence-corrected chi connectivity index (χ3v) is 3.76. The molecule has 8 heteroatoms. The van der Waals surface area contributed by atoms with Crippen molar-refractivity contribution < 1.29 is 31.8 Å². The summed E-state index contributed by atoms with van der Waals surface area (Å²) in [6, 6.07) is 4.33. The van der Waals surface area contributed by atoms with Crippen molar-refractivity contribution in [3.63, 3.8) is 0 Å². The Morgan fingerprint density at radius 3 is 2.00 bits per heavy atom. The van der Waals surface area contributed by atoms with Crippen LogP contribution in [0.3, 0.4) is 0 Å². The van der Waals surface area contributed by atoms with Crippen molar-refractivity contribution in [3.8, 4) is 39.8 Å². The van der Waals surface area contributed by atoms with Gasteiger partial charge in [0.1, 0.15) is 11.5 Å². The summed E-state index contributed by atoms with van der Waals surface area (Å²) in [7, 11) is 4.35. The number of hydrogen-bond donors (Lipinski definition) is 0. The molecule has 0 fully saturated rings. The zero-order chi connectivity index (χ0) is 18.8. The molecule has 0 bridgehead atoms. The van der Waals surface area contributed by atoms with Crippen molar-refractivity contribution in [2.75, 3.05) is 21.3 Å². The van der Waals surface area contributed by atoms with Crippen molar-refractivity contribution in [1.82, 2.24) is 4.98 Å². The maximum atomic E-state index is 14.1. The van der Waals surface area contributed by atoms with Crippen molar-refractivity contribution in [3.05, 3.63) is 48.1 Å². The average Bonchev–Trinajstić information content (AvgIpc) is 3.12. The molecule has 0 spiro atoms. The Bertz CT molecular complexity index is 931. The fourth-order valence-electron chi connectivity index (χ4n) is 2.56. The lowest BCUT2D eigenvalue weighted by atomic mass is 10.0. The first-order valence-corrected chi connectivity index (χ1v) is 7.39. The maximum Gasteiger partial charge on any atom is 0.203 e. The van der Waals surface area contributed by atoms with E-state index >= 15 is 0 Å². The Morgan fingerprint density at radius 1 is 0.808 bits per heavy atom. The summed E-state index contributed by atoms with van der Waals surface area (Å²) in [5.74, 6) is -2.47. The minimum atomic E-state index is -1.29. The molecule has 0 saturated carbocycles. The summed E-state index contributed by atoms with van der Waals surface area (Å²) in [4.78, 5) is 4.06. The summed E-state index contributed by atoms with van der Waals surface area (Å²) in [6.07, 6.45) is 1.08. The number of halogens is 3. The van der Waals surface area contributed by atoms with E-state index in [2.05, 4.69) is 4.98 Å². The van der Waals surface area contributed by atoms with Crippen molar-refractivity contribution >= 4 is 0 Å². The maximum absolute atomic E-state index is 14.1. The van der Waals surface area contributed by atoms with Gasteiger partial charge in [0, 0.05) is 11.6 Å². The first-order chi connectivity index (χ1) is 12.5.